The number of carboxylic acid groups (broad SMARTS) is 1. The molecule has 0 saturated carbocycles. The molecule has 0 fully saturated rings. The first-order chi connectivity index (χ1) is 10.0. The minimum Gasteiger partial charge on any atom is -0.478 e. The van der Waals surface area contributed by atoms with Crippen LogP contribution in [0.1, 0.15) is 10.4 Å². The highest BCUT2D eigenvalue weighted by atomic mass is 35.5. The van der Waals surface area contributed by atoms with Crippen LogP contribution in [0.15, 0.2) is 48.5 Å². The number of nitrogens with zero attached hydrogens (tertiary/aromatic N) is 1. The third-order valence-electron chi connectivity index (χ3n) is 3.21. The van der Waals surface area contributed by atoms with E-state index in [4.69, 9.17) is 17.3 Å². The predicted octanol–water partition coefficient (Wildman–Crippen LogP) is 3.84. The Bertz CT molecular complexity index is 845. The van der Waals surface area contributed by atoms with Gasteiger partial charge in [0.1, 0.15) is 0 Å². The van der Waals surface area contributed by atoms with Crippen molar-refractivity contribution in [2.24, 2.45) is 0 Å². The molecule has 0 atom stereocenters. The van der Waals surface area contributed by atoms with E-state index in [-0.39, 0.29) is 5.56 Å². The summed E-state index contributed by atoms with van der Waals surface area (Å²) in [6.45, 7) is 0. The Labute approximate surface area is 125 Å². The lowest BCUT2D eigenvalue weighted by Gasteiger charge is -2.08. The number of carboxylic acids is 1. The minimum absolute atomic E-state index is 0.198. The summed E-state index contributed by atoms with van der Waals surface area (Å²) in [5.74, 6) is -0.999. The number of fused-ring (bicyclic) bond motifs is 1. The molecule has 0 unspecified atom stereocenters. The Morgan fingerprint density at radius 3 is 2.48 bits per heavy atom. The largest absolute Gasteiger partial charge is 0.478 e. The van der Waals surface area contributed by atoms with Crippen molar-refractivity contribution in [1.82, 2.24) is 4.98 Å². The highest BCUT2D eigenvalue weighted by Gasteiger charge is 2.13. The van der Waals surface area contributed by atoms with Crippen molar-refractivity contribution < 1.29 is 9.90 Å². The molecule has 5 heteroatoms. The molecule has 0 radical (unpaired) electrons. The number of anilines is 1. The number of benzene rings is 2. The van der Waals surface area contributed by atoms with Gasteiger partial charge < -0.3 is 10.8 Å². The van der Waals surface area contributed by atoms with E-state index in [1.54, 1.807) is 48.5 Å². The molecule has 1 heterocycles. The van der Waals surface area contributed by atoms with Gasteiger partial charge in [-0.3, -0.25) is 0 Å². The molecule has 0 saturated heterocycles. The van der Waals surface area contributed by atoms with Crippen LogP contribution in [0, 0.1) is 0 Å². The van der Waals surface area contributed by atoms with Gasteiger partial charge in [-0.1, -0.05) is 29.8 Å². The summed E-state index contributed by atoms with van der Waals surface area (Å²) in [4.78, 5) is 15.9. The lowest BCUT2D eigenvalue weighted by molar-refractivity contribution is 0.0699. The van der Waals surface area contributed by atoms with Crippen LogP contribution in [0.4, 0.5) is 5.69 Å². The smallest absolute Gasteiger partial charge is 0.336 e. The van der Waals surface area contributed by atoms with Crippen molar-refractivity contribution in [1.29, 1.82) is 0 Å². The number of carbonyl (C=O) groups is 1. The van der Waals surface area contributed by atoms with Crippen LogP contribution in [0.5, 0.6) is 0 Å². The van der Waals surface area contributed by atoms with Crippen LogP contribution in [0.2, 0.25) is 5.02 Å². The minimum atomic E-state index is -0.999. The standard InChI is InChI=1S/C16H11ClN2O2/c17-10-3-6-12-13(16(20)21)8-14(19-15(12)7-10)9-1-4-11(18)5-2-9/h1-8H,18H2,(H,20,21). The lowest BCUT2D eigenvalue weighted by Crippen LogP contribution is -2.00. The zero-order chi connectivity index (χ0) is 15.0. The lowest BCUT2D eigenvalue weighted by atomic mass is 10.0. The molecule has 3 aromatic rings. The molecule has 0 aliphatic heterocycles. The van der Waals surface area contributed by atoms with Gasteiger partial charge >= 0.3 is 5.97 Å². The van der Waals surface area contributed by atoms with E-state index in [1.165, 1.54) is 0 Å². The maximum atomic E-state index is 11.5. The third-order valence-corrected chi connectivity index (χ3v) is 3.44. The van der Waals surface area contributed by atoms with Gasteiger partial charge in [-0.15, -0.1) is 0 Å². The average Bonchev–Trinajstić information content (AvgIpc) is 2.46. The van der Waals surface area contributed by atoms with Crippen LogP contribution >= 0.6 is 11.6 Å². The van der Waals surface area contributed by atoms with Gasteiger partial charge in [0.25, 0.3) is 0 Å². The number of halogens is 1. The van der Waals surface area contributed by atoms with Crippen molar-refractivity contribution in [3.63, 3.8) is 0 Å². The van der Waals surface area contributed by atoms with Gasteiger partial charge in [-0.25, -0.2) is 9.78 Å². The maximum absolute atomic E-state index is 11.5. The first-order valence-corrected chi connectivity index (χ1v) is 6.62. The molecule has 1 aromatic heterocycles. The molecular formula is C16H11ClN2O2. The van der Waals surface area contributed by atoms with Crippen molar-refractivity contribution >= 4 is 34.2 Å². The van der Waals surface area contributed by atoms with Gasteiger partial charge in [0, 0.05) is 21.7 Å². The van der Waals surface area contributed by atoms with Crippen molar-refractivity contribution in [2.45, 2.75) is 0 Å². The monoisotopic (exact) mass is 298 g/mol. The van der Waals surface area contributed by atoms with Gasteiger partial charge in [-0.05, 0) is 30.3 Å². The van der Waals surface area contributed by atoms with Crippen LogP contribution in [-0.2, 0) is 0 Å². The zero-order valence-corrected chi connectivity index (χ0v) is 11.6. The topological polar surface area (TPSA) is 76.2 Å². The normalized spacial score (nSPS) is 10.7. The van der Waals surface area contributed by atoms with Gasteiger partial charge in [-0.2, -0.15) is 0 Å². The van der Waals surface area contributed by atoms with Crippen LogP contribution in [0.25, 0.3) is 22.2 Å². The van der Waals surface area contributed by atoms with E-state index < -0.39 is 5.97 Å². The highest BCUT2D eigenvalue weighted by Crippen LogP contribution is 2.27. The van der Waals surface area contributed by atoms with Crippen LogP contribution in [0.3, 0.4) is 0 Å². The number of nitrogen functional groups attached to an aromatic ring is 1. The molecule has 0 amide bonds. The quantitative estimate of drug-likeness (QED) is 0.705. The molecule has 104 valence electrons. The van der Waals surface area contributed by atoms with E-state index >= 15 is 0 Å². The molecule has 3 N–H and O–H groups in total. The summed E-state index contributed by atoms with van der Waals surface area (Å²) in [5.41, 5.74) is 8.42. The van der Waals surface area contributed by atoms with Crippen LogP contribution < -0.4 is 5.73 Å². The second kappa shape index (κ2) is 5.07. The fourth-order valence-corrected chi connectivity index (χ4v) is 2.35. The fraction of sp³-hybridized carbons (Fsp3) is 0. The Kier molecular flexibility index (Phi) is 3.23. The Hall–Kier alpha value is -2.59. The number of hydrogen-bond acceptors (Lipinski definition) is 3. The van der Waals surface area contributed by atoms with E-state index in [2.05, 4.69) is 4.98 Å². The molecule has 4 nitrogen and oxygen atoms in total. The molecule has 2 aromatic carbocycles. The molecule has 0 aliphatic rings. The molecule has 21 heavy (non-hydrogen) atoms. The second-order valence-electron chi connectivity index (χ2n) is 4.64. The van der Waals surface area contributed by atoms with Crippen LogP contribution in [-0.4, -0.2) is 16.1 Å². The highest BCUT2D eigenvalue weighted by molar-refractivity contribution is 6.31. The van der Waals surface area contributed by atoms with Crippen molar-refractivity contribution in [3.8, 4) is 11.3 Å². The number of nitrogens with two attached hydrogens (primary N) is 1. The summed E-state index contributed by atoms with van der Waals surface area (Å²) in [5, 5.41) is 10.5. The Morgan fingerprint density at radius 2 is 1.81 bits per heavy atom. The zero-order valence-electron chi connectivity index (χ0n) is 10.9. The summed E-state index contributed by atoms with van der Waals surface area (Å²) in [6.07, 6.45) is 0. The molecule has 0 aliphatic carbocycles. The summed E-state index contributed by atoms with van der Waals surface area (Å²) < 4.78 is 0. The number of aromatic carboxylic acids is 1. The first-order valence-electron chi connectivity index (χ1n) is 6.24. The molecule has 3 rings (SSSR count). The van der Waals surface area contributed by atoms with E-state index in [9.17, 15) is 9.90 Å². The van der Waals surface area contributed by atoms with Gasteiger partial charge in [0.15, 0.2) is 0 Å². The maximum Gasteiger partial charge on any atom is 0.336 e. The SMILES string of the molecule is Nc1ccc(-c2cc(C(=O)O)c3ccc(Cl)cc3n2)cc1. The number of pyridine rings is 1. The summed E-state index contributed by atoms with van der Waals surface area (Å²) >= 11 is 5.97. The predicted molar refractivity (Wildman–Crippen MR) is 83.6 cm³/mol. The first kappa shape index (κ1) is 13.4. The van der Waals surface area contributed by atoms with Crippen molar-refractivity contribution in [3.05, 3.63) is 59.1 Å². The summed E-state index contributed by atoms with van der Waals surface area (Å²) in [7, 11) is 0. The van der Waals surface area contributed by atoms with E-state index in [0.29, 0.717) is 27.3 Å². The Balaban J connectivity index is 2.29. The van der Waals surface area contributed by atoms with Crippen molar-refractivity contribution in [2.75, 3.05) is 5.73 Å². The number of rotatable bonds is 2. The third kappa shape index (κ3) is 2.53. The molecule has 0 spiro atoms. The van der Waals surface area contributed by atoms with E-state index in [1.807, 2.05) is 0 Å². The fourth-order valence-electron chi connectivity index (χ4n) is 2.18. The number of hydrogen-bond donors (Lipinski definition) is 2. The van der Waals surface area contributed by atoms with Gasteiger partial charge in [0.2, 0.25) is 0 Å². The Morgan fingerprint density at radius 1 is 1.10 bits per heavy atom. The van der Waals surface area contributed by atoms with Gasteiger partial charge in [0.05, 0.1) is 16.8 Å². The number of aromatic nitrogens is 1. The summed E-state index contributed by atoms with van der Waals surface area (Å²) in [6, 6.07) is 13.6. The van der Waals surface area contributed by atoms with E-state index in [0.717, 1.165) is 5.56 Å². The molecular weight excluding hydrogens is 288 g/mol. The molecule has 0 bridgehead atoms. The average molecular weight is 299 g/mol. The second-order valence-corrected chi connectivity index (χ2v) is 5.08.